The van der Waals surface area contributed by atoms with Gasteiger partial charge in [-0.1, -0.05) is 29.3 Å². The van der Waals surface area contributed by atoms with Crippen LogP contribution < -0.4 is 5.32 Å². The number of nitrogens with one attached hydrogen (secondary N) is 1. The van der Waals surface area contributed by atoms with Gasteiger partial charge in [0.15, 0.2) is 0 Å². The monoisotopic (exact) mass is 324 g/mol. The van der Waals surface area contributed by atoms with Crippen LogP contribution in [0.3, 0.4) is 0 Å². The second-order valence-corrected chi connectivity index (χ2v) is 5.82. The summed E-state index contributed by atoms with van der Waals surface area (Å²) >= 11 is 11.8. The summed E-state index contributed by atoms with van der Waals surface area (Å²) in [6.45, 7) is 0.866. The summed E-state index contributed by atoms with van der Waals surface area (Å²) in [5.74, 6) is 1.14. The molecule has 110 valence electrons. The Morgan fingerprint density at radius 2 is 2.14 bits per heavy atom. The first-order valence-electron chi connectivity index (χ1n) is 6.79. The summed E-state index contributed by atoms with van der Waals surface area (Å²) in [5.41, 5.74) is 0.797. The van der Waals surface area contributed by atoms with Crippen LogP contribution in [0, 0.1) is 0 Å². The SMILES string of the molecule is O=C(Cc1ccc(Cl)c(Cl)c1)Nc1nc2n(n1)CCCC2. The molecule has 1 N–H and O–H groups in total. The molecular weight excluding hydrogens is 311 g/mol. The van der Waals surface area contributed by atoms with Crippen LogP contribution in [0.5, 0.6) is 0 Å². The predicted molar refractivity (Wildman–Crippen MR) is 81.8 cm³/mol. The number of amides is 1. The van der Waals surface area contributed by atoms with Crippen LogP contribution >= 0.6 is 23.2 Å². The van der Waals surface area contributed by atoms with E-state index in [-0.39, 0.29) is 12.3 Å². The summed E-state index contributed by atoms with van der Waals surface area (Å²) in [6, 6.07) is 5.15. The van der Waals surface area contributed by atoms with E-state index in [1.165, 1.54) is 0 Å². The van der Waals surface area contributed by atoms with E-state index >= 15 is 0 Å². The molecule has 0 saturated heterocycles. The fourth-order valence-corrected chi connectivity index (χ4v) is 2.66. The molecule has 1 amide bonds. The highest BCUT2D eigenvalue weighted by atomic mass is 35.5. The van der Waals surface area contributed by atoms with Gasteiger partial charge in [0.05, 0.1) is 16.5 Å². The minimum Gasteiger partial charge on any atom is -0.293 e. The smallest absolute Gasteiger partial charge is 0.248 e. The maximum atomic E-state index is 12.0. The molecule has 0 bridgehead atoms. The number of fused-ring (bicyclic) bond motifs is 1. The summed E-state index contributed by atoms with van der Waals surface area (Å²) in [4.78, 5) is 16.4. The lowest BCUT2D eigenvalue weighted by Gasteiger charge is -2.09. The lowest BCUT2D eigenvalue weighted by molar-refractivity contribution is -0.115. The van der Waals surface area contributed by atoms with Crippen molar-refractivity contribution >= 4 is 35.1 Å². The van der Waals surface area contributed by atoms with Crippen LogP contribution in [0.15, 0.2) is 18.2 Å². The van der Waals surface area contributed by atoms with Crippen LogP contribution in [0.25, 0.3) is 0 Å². The molecule has 21 heavy (non-hydrogen) atoms. The van der Waals surface area contributed by atoms with Gasteiger partial charge in [-0.3, -0.25) is 10.1 Å². The van der Waals surface area contributed by atoms with E-state index in [4.69, 9.17) is 23.2 Å². The average Bonchev–Trinajstić information content (AvgIpc) is 2.84. The van der Waals surface area contributed by atoms with Crippen molar-refractivity contribution in [3.05, 3.63) is 39.6 Å². The number of nitrogens with zero attached hydrogens (tertiary/aromatic N) is 3. The van der Waals surface area contributed by atoms with Gasteiger partial charge in [0.25, 0.3) is 0 Å². The van der Waals surface area contributed by atoms with E-state index in [0.29, 0.717) is 16.0 Å². The minimum absolute atomic E-state index is 0.170. The zero-order chi connectivity index (χ0) is 14.8. The molecule has 0 fully saturated rings. The van der Waals surface area contributed by atoms with Gasteiger partial charge in [-0.15, -0.1) is 5.10 Å². The minimum atomic E-state index is -0.170. The molecule has 7 heteroatoms. The second-order valence-electron chi connectivity index (χ2n) is 5.01. The van der Waals surface area contributed by atoms with Crippen LogP contribution in [0.4, 0.5) is 5.95 Å². The molecule has 0 aliphatic carbocycles. The molecule has 3 rings (SSSR count). The van der Waals surface area contributed by atoms with E-state index in [0.717, 1.165) is 37.2 Å². The van der Waals surface area contributed by atoms with E-state index < -0.39 is 0 Å². The lowest BCUT2D eigenvalue weighted by atomic mass is 10.1. The number of halogens is 2. The van der Waals surface area contributed by atoms with Crippen molar-refractivity contribution in [2.24, 2.45) is 0 Å². The molecule has 2 heterocycles. The number of carbonyl (C=O) groups excluding carboxylic acids is 1. The fourth-order valence-electron chi connectivity index (χ4n) is 2.34. The first kappa shape index (κ1) is 14.4. The first-order valence-corrected chi connectivity index (χ1v) is 7.55. The second kappa shape index (κ2) is 6.03. The molecule has 1 aliphatic rings. The van der Waals surface area contributed by atoms with Crippen molar-refractivity contribution in [3.63, 3.8) is 0 Å². The first-order chi connectivity index (χ1) is 10.1. The Kier molecular flexibility index (Phi) is 4.12. The Bertz CT molecular complexity index is 660. The van der Waals surface area contributed by atoms with Gasteiger partial charge < -0.3 is 0 Å². The van der Waals surface area contributed by atoms with Gasteiger partial charge in [0.2, 0.25) is 11.9 Å². The molecule has 2 aromatic rings. The molecule has 5 nitrogen and oxygen atoms in total. The zero-order valence-electron chi connectivity index (χ0n) is 11.3. The number of aromatic nitrogens is 3. The highest BCUT2D eigenvalue weighted by molar-refractivity contribution is 6.42. The highest BCUT2D eigenvalue weighted by Gasteiger charge is 2.15. The van der Waals surface area contributed by atoms with E-state index in [2.05, 4.69) is 15.4 Å². The number of benzene rings is 1. The molecule has 0 unspecified atom stereocenters. The van der Waals surface area contributed by atoms with Crippen LogP contribution in [-0.4, -0.2) is 20.7 Å². The number of hydrogen-bond donors (Lipinski definition) is 1. The standard InChI is InChI=1S/C14H14Cl2N4O/c15-10-5-4-9(7-11(10)16)8-13(21)18-14-17-12-3-1-2-6-20(12)19-14/h4-5,7H,1-3,6,8H2,(H,18,19,21). The average molecular weight is 325 g/mol. The Balaban J connectivity index is 1.66. The third-order valence-corrected chi connectivity index (χ3v) is 4.11. The normalized spacial score (nSPS) is 13.8. The topological polar surface area (TPSA) is 59.8 Å². The summed E-state index contributed by atoms with van der Waals surface area (Å²) in [7, 11) is 0. The largest absolute Gasteiger partial charge is 0.293 e. The molecule has 0 saturated carbocycles. The van der Waals surface area contributed by atoms with Gasteiger partial charge in [0, 0.05) is 13.0 Å². The van der Waals surface area contributed by atoms with E-state index in [9.17, 15) is 4.79 Å². The van der Waals surface area contributed by atoms with Crippen molar-refractivity contribution in [2.45, 2.75) is 32.2 Å². The van der Waals surface area contributed by atoms with Crippen molar-refractivity contribution in [1.29, 1.82) is 0 Å². The molecule has 1 aliphatic heterocycles. The van der Waals surface area contributed by atoms with Crippen LogP contribution in [0.1, 0.15) is 24.2 Å². The van der Waals surface area contributed by atoms with Gasteiger partial charge >= 0.3 is 0 Å². The van der Waals surface area contributed by atoms with Crippen molar-refractivity contribution in [2.75, 3.05) is 5.32 Å². The fraction of sp³-hybridized carbons (Fsp3) is 0.357. The van der Waals surface area contributed by atoms with Gasteiger partial charge in [-0.2, -0.15) is 4.98 Å². The van der Waals surface area contributed by atoms with E-state index in [1.807, 2.05) is 4.68 Å². The van der Waals surface area contributed by atoms with E-state index in [1.54, 1.807) is 18.2 Å². The summed E-state index contributed by atoms with van der Waals surface area (Å²) in [5, 5.41) is 7.93. The quantitative estimate of drug-likeness (QED) is 0.943. The lowest BCUT2D eigenvalue weighted by Crippen LogP contribution is -2.15. The molecule has 0 atom stereocenters. The molecular formula is C14H14Cl2N4O. The highest BCUT2D eigenvalue weighted by Crippen LogP contribution is 2.23. The van der Waals surface area contributed by atoms with Crippen LogP contribution in [0.2, 0.25) is 10.0 Å². The maximum Gasteiger partial charge on any atom is 0.248 e. The number of carbonyl (C=O) groups is 1. The number of hydrogen-bond acceptors (Lipinski definition) is 3. The summed E-state index contributed by atoms with van der Waals surface area (Å²) < 4.78 is 1.86. The maximum absolute atomic E-state index is 12.0. The molecule has 1 aromatic heterocycles. The van der Waals surface area contributed by atoms with Gasteiger partial charge in [-0.25, -0.2) is 4.68 Å². The third-order valence-electron chi connectivity index (χ3n) is 3.37. The Morgan fingerprint density at radius 1 is 1.29 bits per heavy atom. The van der Waals surface area contributed by atoms with Gasteiger partial charge in [0.1, 0.15) is 5.82 Å². The van der Waals surface area contributed by atoms with Crippen LogP contribution in [-0.2, 0) is 24.2 Å². The number of anilines is 1. The van der Waals surface area contributed by atoms with Crippen molar-refractivity contribution < 1.29 is 4.79 Å². The summed E-state index contributed by atoms with van der Waals surface area (Å²) in [6.07, 6.45) is 3.35. The Morgan fingerprint density at radius 3 is 2.90 bits per heavy atom. The van der Waals surface area contributed by atoms with Gasteiger partial charge in [-0.05, 0) is 30.5 Å². The number of aryl methyl sites for hydroxylation is 2. The van der Waals surface area contributed by atoms with Crippen molar-refractivity contribution in [1.82, 2.24) is 14.8 Å². The Hall–Kier alpha value is -1.59. The molecule has 0 spiro atoms. The van der Waals surface area contributed by atoms with Crippen molar-refractivity contribution in [3.8, 4) is 0 Å². The third kappa shape index (κ3) is 3.36. The molecule has 0 radical (unpaired) electrons. The Labute approximate surface area is 132 Å². The molecule has 1 aromatic carbocycles. The predicted octanol–water partition coefficient (Wildman–Crippen LogP) is 3.10. The number of rotatable bonds is 3. The zero-order valence-corrected chi connectivity index (χ0v) is 12.8.